The molecule has 1 atom stereocenters. The molecule has 1 aromatic carbocycles. The number of carbonyl (C=O) groups is 2. The zero-order valence-electron chi connectivity index (χ0n) is 12.5. The average molecular weight is 432 g/mol. The van der Waals surface area contributed by atoms with Crippen molar-refractivity contribution in [1.29, 1.82) is 0 Å². The van der Waals surface area contributed by atoms with Crippen molar-refractivity contribution in [3.8, 4) is 17.0 Å². The molecule has 1 aliphatic rings. The van der Waals surface area contributed by atoms with Crippen molar-refractivity contribution in [2.75, 3.05) is 0 Å². The Kier molecular flexibility index (Phi) is 4.60. The Labute approximate surface area is 150 Å². The lowest BCUT2D eigenvalue weighted by Crippen LogP contribution is -2.41. The molecule has 1 fully saturated rings. The molecule has 11 heteroatoms. The smallest absolute Gasteiger partial charge is 0.357 e. The topological polar surface area (TPSA) is 107 Å². The number of nitrogens with zero attached hydrogens (tertiary/aromatic N) is 2. The molecule has 1 N–H and O–H groups in total. The highest BCUT2D eigenvalue weighted by Gasteiger charge is 2.28. The minimum absolute atomic E-state index is 0.226. The average Bonchev–Trinajstić information content (AvgIpc) is 2.97. The second kappa shape index (κ2) is 6.56. The first kappa shape index (κ1) is 17.5. The summed E-state index contributed by atoms with van der Waals surface area (Å²) in [4.78, 5) is 27.3. The van der Waals surface area contributed by atoms with Gasteiger partial charge < -0.3 is 8.75 Å². The van der Waals surface area contributed by atoms with Gasteiger partial charge in [0.1, 0.15) is 6.04 Å². The number of imide groups is 1. The summed E-state index contributed by atoms with van der Waals surface area (Å²) in [7, 11) is -5.16. The van der Waals surface area contributed by atoms with Crippen LogP contribution in [-0.2, 0) is 20.1 Å². The van der Waals surface area contributed by atoms with E-state index in [0.717, 1.165) is 0 Å². The molecule has 2 heterocycles. The van der Waals surface area contributed by atoms with E-state index in [2.05, 4.69) is 30.4 Å². The largest absolute Gasteiger partial charge is 0.488 e. The Bertz CT molecular complexity index is 959. The summed E-state index contributed by atoms with van der Waals surface area (Å²) < 4.78 is 40.2. The van der Waals surface area contributed by atoms with Crippen molar-refractivity contribution in [1.82, 2.24) is 14.9 Å². The molecule has 0 radical (unpaired) electrons. The summed E-state index contributed by atoms with van der Waals surface area (Å²) in [5, 5.41) is 2.26. The second-order valence-electron chi connectivity index (χ2n) is 5.29. The van der Waals surface area contributed by atoms with Crippen LogP contribution in [-0.4, -0.2) is 29.8 Å². The van der Waals surface area contributed by atoms with Crippen LogP contribution >= 0.6 is 15.9 Å². The Hall–Kier alpha value is -2.27. The van der Waals surface area contributed by atoms with E-state index in [4.69, 9.17) is 0 Å². The van der Waals surface area contributed by atoms with Crippen LogP contribution in [0, 0.1) is 0 Å². The molecule has 0 aliphatic carbocycles. The summed E-state index contributed by atoms with van der Waals surface area (Å²) in [5.41, 5.74) is 0.895. The minimum Gasteiger partial charge on any atom is -0.357 e. The zero-order valence-corrected chi connectivity index (χ0v) is 14.9. The van der Waals surface area contributed by atoms with Gasteiger partial charge in [0.15, 0.2) is 5.75 Å². The fourth-order valence-electron chi connectivity index (χ4n) is 2.46. The molecule has 0 spiro atoms. The Morgan fingerprint density at radius 2 is 2.12 bits per heavy atom. The normalized spacial score (nSPS) is 18.1. The van der Waals surface area contributed by atoms with Crippen LogP contribution in [0.3, 0.4) is 0 Å². The third-order valence-electron chi connectivity index (χ3n) is 3.59. The lowest BCUT2D eigenvalue weighted by atomic mass is 10.1. The lowest BCUT2D eigenvalue weighted by molar-refractivity contribution is -0.135. The van der Waals surface area contributed by atoms with Gasteiger partial charge >= 0.3 is 10.5 Å². The first-order chi connectivity index (χ1) is 11.7. The molecule has 25 heavy (non-hydrogen) atoms. The van der Waals surface area contributed by atoms with Gasteiger partial charge in [-0.1, -0.05) is 9.95 Å². The number of benzene rings is 1. The highest BCUT2D eigenvalue weighted by Crippen LogP contribution is 2.32. The minimum atomic E-state index is -5.16. The van der Waals surface area contributed by atoms with Crippen LogP contribution in [0.4, 0.5) is 3.89 Å². The molecule has 1 unspecified atom stereocenters. The van der Waals surface area contributed by atoms with Gasteiger partial charge in [0.2, 0.25) is 11.8 Å². The maximum atomic E-state index is 12.7. The van der Waals surface area contributed by atoms with E-state index in [-0.39, 0.29) is 22.6 Å². The van der Waals surface area contributed by atoms with Crippen LogP contribution in [0.5, 0.6) is 5.75 Å². The van der Waals surface area contributed by atoms with Crippen molar-refractivity contribution in [3.63, 3.8) is 0 Å². The van der Waals surface area contributed by atoms with E-state index < -0.39 is 22.5 Å². The second-order valence-corrected chi connectivity index (χ2v) is 7.10. The summed E-state index contributed by atoms with van der Waals surface area (Å²) in [6.45, 7) is 0. The molecule has 1 saturated heterocycles. The van der Waals surface area contributed by atoms with Gasteiger partial charge in [-0.25, -0.2) is 4.98 Å². The predicted molar refractivity (Wildman–Crippen MR) is 87.4 cm³/mol. The van der Waals surface area contributed by atoms with Crippen molar-refractivity contribution in [3.05, 3.63) is 35.2 Å². The van der Waals surface area contributed by atoms with E-state index in [1.54, 1.807) is 16.8 Å². The third kappa shape index (κ3) is 4.04. The number of hydrogen-bond acceptors (Lipinski definition) is 6. The number of piperidine rings is 1. The number of halogens is 2. The quantitative estimate of drug-likeness (QED) is 0.584. The fourth-order valence-corrected chi connectivity index (χ4v) is 3.24. The molecule has 2 amide bonds. The number of aromatic nitrogens is 2. The van der Waals surface area contributed by atoms with Gasteiger partial charge in [0.05, 0.1) is 16.5 Å². The molecular formula is C14H11BrFN3O5S. The number of imidazole rings is 1. The van der Waals surface area contributed by atoms with Crippen LogP contribution < -0.4 is 9.50 Å². The monoisotopic (exact) mass is 431 g/mol. The molecule has 3 rings (SSSR count). The van der Waals surface area contributed by atoms with Gasteiger partial charge in [-0.2, -0.15) is 8.42 Å². The number of nitrogens with one attached hydrogen (secondary N) is 1. The number of amides is 2. The molecule has 1 aliphatic heterocycles. The van der Waals surface area contributed by atoms with Crippen LogP contribution in [0.25, 0.3) is 11.3 Å². The fraction of sp³-hybridized carbons (Fsp3) is 0.214. The van der Waals surface area contributed by atoms with Gasteiger partial charge in [-0.3, -0.25) is 14.9 Å². The van der Waals surface area contributed by atoms with Crippen molar-refractivity contribution in [2.45, 2.75) is 18.9 Å². The Morgan fingerprint density at radius 1 is 1.36 bits per heavy atom. The van der Waals surface area contributed by atoms with Crippen LogP contribution in [0.2, 0.25) is 0 Å². The van der Waals surface area contributed by atoms with E-state index in [0.29, 0.717) is 17.7 Å². The van der Waals surface area contributed by atoms with Gasteiger partial charge in [-0.15, -0.1) is 0 Å². The van der Waals surface area contributed by atoms with E-state index in [1.807, 2.05) is 0 Å². The predicted octanol–water partition coefficient (Wildman–Crippen LogP) is 1.88. The Morgan fingerprint density at radius 3 is 2.80 bits per heavy atom. The molecule has 0 saturated carbocycles. The highest BCUT2D eigenvalue weighted by molar-refractivity contribution is 9.10. The van der Waals surface area contributed by atoms with Crippen LogP contribution in [0.1, 0.15) is 18.9 Å². The van der Waals surface area contributed by atoms with Gasteiger partial charge in [0, 0.05) is 18.2 Å². The maximum Gasteiger partial charge on any atom is 0.488 e. The number of carbonyl (C=O) groups excluding carboxylic acids is 2. The maximum absolute atomic E-state index is 12.7. The van der Waals surface area contributed by atoms with Crippen molar-refractivity contribution < 1.29 is 26.1 Å². The van der Waals surface area contributed by atoms with Crippen LogP contribution in [0.15, 0.2) is 35.2 Å². The molecule has 1 aromatic heterocycles. The summed E-state index contributed by atoms with van der Waals surface area (Å²) >= 11 is 3.07. The zero-order chi connectivity index (χ0) is 18.2. The SMILES string of the molecule is O=C1CCC(n2cnc(-c3ccc(Br)c(OS(=O)(=O)F)c3)c2)C(=O)N1. The van der Waals surface area contributed by atoms with Gasteiger partial charge in [-0.05, 0) is 34.5 Å². The number of hydrogen-bond donors (Lipinski definition) is 1. The first-order valence-corrected chi connectivity index (χ1v) is 9.14. The number of rotatable bonds is 4. The van der Waals surface area contributed by atoms with Crippen molar-refractivity contribution in [2.24, 2.45) is 0 Å². The summed E-state index contributed by atoms with van der Waals surface area (Å²) in [5.74, 6) is -0.956. The molecule has 8 nitrogen and oxygen atoms in total. The summed E-state index contributed by atoms with van der Waals surface area (Å²) in [6.07, 6.45) is 3.60. The van der Waals surface area contributed by atoms with Crippen molar-refractivity contribution >= 4 is 38.2 Å². The summed E-state index contributed by atoms with van der Waals surface area (Å²) in [6, 6.07) is 3.86. The van der Waals surface area contributed by atoms with Gasteiger partial charge in [0.25, 0.3) is 0 Å². The van der Waals surface area contributed by atoms with E-state index in [1.165, 1.54) is 18.5 Å². The third-order valence-corrected chi connectivity index (χ3v) is 4.62. The standard InChI is InChI=1S/C14H11BrFN3O5S/c15-9-2-1-8(5-12(9)24-25(16,22)23)10-6-19(7-17-10)11-3-4-13(20)18-14(11)21/h1-2,5-7,11H,3-4H2,(H,18,20,21). The lowest BCUT2D eigenvalue weighted by Gasteiger charge is -2.21. The Balaban J connectivity index is 1.89. The molecular weight excluding hydrogens is 421 g/mol. The molecule has 132 valence electrons. The van der Waals surface area contributed by atoms with E-state index >= 15 is 0 Å². The highest BCUT2D eigenvalue weighted by atomic mass is 79.9. The molecule has 0 bridgehead atoms. The van der Waals surface area contributed by atoms with E-state index in [9.17, 15) is 21.9 Å². The molecule has 2 aromatic rings. The first-order valence-electron chi connectivity index (χ1n) is 7.04.